The predicted molar refractivity (Wildman–Crippen MR) is 162 cm³/mol. The monoisotopic (exact) mass is 600 g/mol. The molecule has 0 aromatic heterocycles. The average Bonchev–Trinajstić information content (AvgIpc) is 3.26. The van der Waals surface area contributed by atoms with Crippen molar-refractivity contribution in [1.82, 2.24) is 0 Å². The molecule has 0 fully saturated rings. The van der Waals surface area contributed by atoms with E-state index in [9.17, 15) is 0 Å². The summed E-state index contributed by atoms with van der Waals surface area (Å²) in [6.45, 7) is 23.0. The van der Waals surface area contributed by atoms with E-state index in [1.807, 2.05) is 0 Å². The van der Waals surface area contributed by atoms with Gasteiger partial charge in [0.1, 0.15) is 0 Å². The number of benzene rings is 2. The number of rotatable bonds is 2. The Balaban J connectivity index is 0.000000237. The largest absolute Gasteiger partial charge is 0.165 e. The van der Waals surface area contributed by atoms with Crippen molar-refractivity contribution in [2.45, 2.75) is 70.8 Å². The van der Waals surface area contributed by atoms with Crippen LogP contribution in [0.5, 0.6) is 0 Å². The maximum absolute atomic E-state index is 6.36. The number of aryl methyl sites for hydroxylation is 2. The van der Waals surface area contributed by atoms with Crippen LogP contribution in [0.25, 0.3) is 21.5 Å². The SMILES string of the molecule is C[Si](C)(C)C(Cl)[Si](C)(C)C.C[Si](C)=[Zr+2].Cc1cc2ccccc2[cH-]1.Cc1cc2ccccc2[cH-]1. The molecule has 0 bridgehead atoms. The molecule has 0 aliphatic rings. The van der Waals surface area contributed by atoms with E-state index in [0.717, 1.165) is 0 Å². The molecule has 0 amide bonds. The van der Waals surface area contributed by atoms with E-state index in [0.29, 0.717) is 4.62 Å². The number of hydrogen-bond donors (Lipinski definition) is 0. The van der Waals surface area contributed by atoms with Gasteiger partial charge >= 0.3 is 41.9 Å². The smallest absolute Gasteiger partial charge is 0.0579 e. The van der Waals surface area contributed by atoms with E-state index in [4.69, 9.17) is 11.6 Å². The minimum Gasteiger partial charge on any atom is -0.165 e. The van der Waals surface area contributed by atoms with Crippen LogP contribution in [0.15, 0.2) is 72.8 Å². The van der Waals surface area contributed by atoms with Crippen molar-refractivity contribution in [2.24, 2.45) is 0 Å². The molecule has 0 aliphatic heterocycles. The molecule has 4 aromatic carbocycles. The van der Waals surface area contributed by atoms with Crippen molar-refractivity contribution in [3.63, 3.8) is 0 Å². The van der Waals surface area contributed by atoms with Crippen molar-refractivity contribution in [1.29, 1.82) is 0 Å². The zero-order valence-electron chi connectivity index (χ0n) is 22.9. The van der Waals surface area contributed by atoms with Crippen LogP contribution in [-0.2, 0) is 23.3 Å². The zero-order chi connectivity index (χ0) is 26.1. The molecule has 0 saturated carbocycles. The van der Waals surface area contributed by atoms with Crippen LogP contribution in [0.3, 0.4) is 0 Å². The van der Waals surface area contributed by atoms with Crippen LogP contribution in [0.4, 0.5) is 0 Å². The molecule has 182 valence electrons. The molecule has 4 aromatic rings. The second-order valence-electron chi connectivity index (χ2n) is 11.4. The topological polar surface area (TPSA) is 0 Å². The van der Waals surface area contributed by atoms with Gasteiger partial charge in [-0.1, -0.05) is 65.3 Å². The second-order valence-corrected chi connectivity index (χ2v) is 33.2. The fraction of sp³-hybridized carbons (Fsp3) is 0.379. The first kappa shape index (κ1) is 31.5. The molecule has 0 unspecified atom stereocenters. The fourth-order valence-corrected chi connectivity index (χ4v) is 14.3. The zero-order valence-corrected chi connectivity index (χ0v) is 29.1. The Morgan fingerprint density at radius 3 is 1.24 bits per heavy atom. The van der Waals surface area contributed by atoms with E-state index < -0.39 is 16.1 Å². The summed E-state index contributed by atoms with van der Waals surface area (Å²) in [5.41, 5.74) is 2.91. The van der Waals surface area contributed by atoms with Crippen molar-refractivity contribution in [3.05, 3.63) is 83.9 Å². The van der Waals surface area contributed by atoms with Crippen molar-refractivity contribution >= 4 is 54.7 Å². The Kier molecular flexibility index (Phi) is 13.2. The quantitative estimate of drug-likeness (QED) is 0.122. The van der Waals surface area contributed by atoms with Gasteiger partial charge in [0.2, 0.25) is 0 Å². The van der Waals surface area contributed by atoms with Crippen molar-refractivity contribution in [3.8, 4) is 0 Å². The van der Waals surface area contributed by atoms with Gasteiger partial charge in [-0.3, -0.25) is 0 Å². The van der Waals surface area contributed by atoms with E-state index in [1.54, 1.807) is 23.3 Å². The average molecular weight is 603 g/mol. The fourth-order valence-electron chi connectivity index (χ4n) is 3.91. The van der Waals surface area contributed by atoms with Crippen LogP contribution < -0.4 is 0 Å². The van der Waals surface area contributed by atoms with Crippen LogP contribution in [0.2, 0.25) is 52.4 Å². The summed E-state index contributed by atoms with van der Waals surface area (Å²) < 4.78 is 0.514. The van der Waals surface area contributed by atoms with E-state index in [-0.39, 0.29) is 5.43 Å². The van der Waals surface area contributed by atoms with Crippen molar-refractivity contribution in [2.75, 3.05) is 0 Å². The van der Waals surface area contributed by atoms with E-state index in [1.165, 1.54) is 32.7 Å². The normalized spacial score (nSPS) is 11.2. The molecule has 0 spiro atoms. The molecule has 0 radical (unpaired) electrons. The van der Waals surface area contributed by atoms with Crippen LogP contribution >= 0.6 is 11.6 Å². The molecular formula is C29H43ClSi3Zr. The molecule has 0 N–H and O–H groups in total. The van der Waals surface area contributed by atoms with Gasteiger partial charge in [-0.05, 0) is 0 Å². The first-order chi connectivity index (χ1) is 15.6. The van der Waals surface area contributed by atoms with Crippen LogP contribution in [0.1, 0.15) is 11.1 Å². The summed E-state index contributed by atoms with van der Waals surface area (Å²) >= 11 is 8.09. The molecule has 0 atom stereocenters. The molecule has 0 nitrogen and oxygen atoms in total. The Morgan fingerprint density at radius 1 is 0.706 bits per heavy atom. The Hall–Kier alpha value is -0.516. The molecule has 0 heterocycles. The number of fused-ring (bicyclic) bond motifs is 2. The molecule has 4 rings (SSSR count). The minimum absolute atomic E-state index is 0.210. The standard InChI is InChI=1S/2C10H9.C7H19ClSi2.C2H6Si.Zr/c2*1-8-6-9-4-2-3-5-10(9)7-8;1-9(2,3)7(8)10(4,5)6;1-3-2;/h2*2-7H,1H3;7H,1-6H3;1-2H3;/q2*-1;;;+2. The first-order valence-corrected chi connectivity index (χ1v) is 25.8. The minimum atomic E-state index is -1.07. The van der Waals surface area contributed by atoms with E-state index in [2.05, 4.69) is 139 Å². The second kappa shape index (κ2) is 14.3. The molecule has 5 heteroatoms. The van der Waals surface area contributed by atoms with Crippen molar-refractivity contribution < 1.29 is 23.3 Å². The Bertz CT molecular complexity index is 1000. The third-order valence-electron chi connectivity index (χ3n) is 5.05. The van der Waals surface area contributed by atoms with Gasteiger partial charge in [0.25, 0.3) is 0 Å². The molecular weight excluding hydrogens is 559 g/mol. The maximum Gasteiger partial charge on any atom is -0.0579 e. The van der Waals surface area contributed by atoms with Crippen LogP contribution in [-0.4, -0.2) is 26.2 Å². The predicted octanol–water partition coefficient (Wildman–Crippen LogP) is 9.87. The summed E-state index contributed by atoms with van der Waals surface area (Å²) in [7, 11) is -2.14. The summed E-state index contributed by atoms with van der Waals surface area (Å²) in [5.74, 6) is 0. The summed E-state index contributed by atoms with van der Waals surface area (Å²) in [6, 6.07) is 25.7. The number of halogens is 1. The van der Waals surface area contributed by atoms with E-state index >= 15 is 0 Å². The van der Waals surface area contributed by atoms with Gasteiger partial charge in [0.15, 0.2) is 0 Å². The van der Waals surface area contributed by atoms with Gasteiger partial charge in [0, 0.05) is 4.62 Å². The van der Waals surface area contributed by atoms with Gasteiger partial charge in [-0.25, -0.2) is 0 Å². The van der Waals surface area contributed by atoms with Gasteiger partial charge < -0.3 is 0 Å². The molecule has 0 saturated heterocycles. The number of hydrogen-bond acceptors (Lipinski definition) is 0. The summed E-state index contributed by atoms with van der Waals surface area (Å²) in [4.78, 5) is 0. The Labute approximate surface area is 231 Å². The summed E-state index contributed by atoms with van der Waals surface area (Å²) in [5, 5.41) is 5.39. The molecule has 34 heavy (non-hydrogen) atoms. The van der Waals surface area contributed by atoms with Crippen LogP contribution in [0, 0.1) is 13.8 Å². The first-order valence-electron chi connectivity index (χ1n) is 12.0. The number of alkyl halides is 1. The maximum atomic E-state index is 6.36. The third-order valence-corrected chi connectivity index (χ3v) is 17.2. The Morgan fingerprint density at radius 2 is 1.00 bits per heavy atom. The van der Waals surface area contributed by atoms with Gasteiger partial charge in [-0.15, -0.1) is 92.8 Å². The summed E-state index contributed by atoms with van der Waals surface area (Å²) in [6.07, 6.45) is 0. The third kappa shape index (κ3) is 11.9. The molecule has 0 aliphatic carbocycles. The van der Waals surface area contributed by atoms with Gasteiger partial charge in [-0.2, -0.15) is 12.1 Å². The van der Waals surface area contributed by atoms with Gasteiger partial charge in [0.05, 0.1) is 16.1 Å².